The zero-order valence-corrected chi connectivity index (χ0v) is 57.0. The molecule has 0 fully saturated rings. The Morgan fingerprint density at radius 3 is 0.835 bits per heavy atom. The second-order valence-electron chi connectivity index (χ2n) is 25.5. The molecule has 0 heterocycles. The topological polar surface area (TPSA) is 237 Å². The van der Waals surface area contributed by atoms with Crippen LogP contribution in [0.4, 0.5) is 0 Å². The largest absolute Gasteiger partial charge is 0.472 e. The molecule has 0 aliphatic carbocycles. The molecule has 6 atom stereocenters. The number of ether oxygens (including phenoxy) is 4. The van der Waals surface area contributed by atoms with Gasteiger partial charge in [-0.1, -0.05) is 267 Å². The number of hydrogen-bond acceptors (Lipinski definition) is 15. The van der Waals surface area contributed by atoms with Crippen LogP contribution in [-0.2, 0) is 65.4 Å². The summed E-state index contributed by atoms with van der Waals surface area (Å²) in [7, 11) is -9.89. The van der Waals surface area contributed by atoms with Gasteiger partial charge in [0.15, 0.2) is 12.2 Å². The van der Waals surface area contributed by atoms with E-state index in [0.717, 1.165) is 114 Å². The minimum Gasteiger partial charge on any atom is -0.462 e. The monoisotopic (exact) mass is 1250 g/mol. The molecule has 3 unspecified atom stereocenters. The summed E-state index contributed by atoms with van der Waals surface area (Å²) in [4.78, 5) is 72.3. The average Bonchev–Trinajstić information content (AvgIpc) is 3.52. The van der Waals surface area contributed by atoms with Gasteiger partial charge in [0.2, 0.25) is 0 Å². The molecular weight excluding hydrogens is 1130 g/mol. The van der Waals surface area contributed by atoms with Crippen molar-refractivity contribution in [3.63, 3.8) is 0 Å². The van der Waals surface area contributed by atoms with Crippen LogP contribution in [0, 0.1) is 23.7 Å². The lowest BCUT2D eigenvalue weighted by atomic mass is 10.00. The van der Waals surface area contributed by atoms with Gasteiger partial charge in [-0.2, -0.15) is 0 Å². The highest BCUT2D eigenvalue weighted by Gasteiger charge is 2.30. The first kappa shape index (κ1) is 83.1. The summed E-state index contributed by atoms with van der Waals surface area (Å²) in [5.41, 5.74) is 0. The van der Waals surface area contributed by atoms with Gasteiger partial charge in [-0.05, 0) is 49.4 Å². The minimum absolute atomic E-state index is 0.102. The van der Waals surface area contributed by atoms with E-state index in [1.165, 1.54) is 116 Å². The van der Waals surface area contributed by atoms with Gasteiger partial charge in [0, 0.05) is 25.7 Å². The van der Waals surface area contributed by atoms with E-state index in [-0.39, 0.29) is 25.7 Å². The van der Waals surface area contributed by atoms with Crippen LogP contribution in [0.15, 0.2) is 0 Å². The summed E-state index contributed by atoms with van der Waals surface area (Å²) in [6.45, 7) is 14.0. The first-order chi connectivity index (χ1) is 40.6. The molecule has 0 saturated carbocycles. The number of esters is 4. The fourth-order valence-corrected chi connectivity index (χ4v) is 11.3. The number of hydrogen-bond donors (Lipinski definition) is 3. The van der Waals surface area contributed by atoms with E-state index in [1.807, 2.05) is 0 Å². The molecular formula is C66H128O17P2. The molecule has 0 aromatic carbocycles. The molecule has 0 aliphatic rings. The number of carbonyl (C=O) groups excluding carboxylic acids is 4. The molecule has 0 saturated heterocycles. The van der Waals surface area contributed by atoms with E-state index in [4.69, 9.17) is 37.0 Å². The van der Waals surface area contributed by atoms with E-state index < -0.39 is 97.5 Å². The van der Waals surface area contributed by atoms with Crippen molar-refractivity contribution in [1.82, 2.24) is 0 Å². The van der Waals surface area contributed by atoms with Crippen LogP contribution < -0.4 is 0 Å². The predicted molar refractivity (Wildman–Crippen MR) is 340 cm³/mol. The lowest BCUT2D eigenvalue weighted by Crippen LogP contribution is -2.30. The van der Waals surface area contributed by atoms with E-state index in [1.54, 1.807) is 0 Å². The van der Waals surface area contributed by atoms with E-state index in [9.17, 15) is 43.2 Å². The average molecular weight is 1260 g/mol. The summed E-state index contributed by atoms with van der Waals surface area (Å²) >= 11 is 0. The Balaban J connectivity index is 5.25. The van der Waals surface area contributed by atoms with Crippen molar-refractivity contribution in [3.05, 3.63) is 0 Å². The number of aliphatic hydroxyl groups excluding tert-OH is 1. The fourth-order valence-electron chi connectivity index (χ4n) is 9.75. The number of rotatable bonds is 63. The van der Waals surface area contributed by atoms with Crippen molar-refractivity contribution in [1.29, 1.82) is 0 Å². The normalized spacial score (nSPS) is 14.7. The molecule has 0 radical (unpaired) electrons. The van der Waals surface area contributed by atoms with Crippen LogP contribution in [0.5, 0.6) is 0 Å². The first-order valence-corrected chi connectivity index (χ1v) is 37.2. The zero-order chi connectivity index (χ0) is 63.2. The van der Waals surface area contributed by atoms with Gasteiger partial charge >= 0.3 is 39.5 Å². The number of phosphoric ester groups is 2. The van der Waals surface area contributed by atoms with E-state index in [2.05, 4.69) is 55.4 Å². The smallest absolute Gasteiger partial charge is 0.462 e. The number of aliphatic hydroxyl groups is 1. The van der Waals surface area contributed by atoms with Crippen molar-refractivity contribution < 1.29 is 80.2 Å². The summed E-state index contributed by atoms with van der Waals surface area (Å²) in [6, 6.07) is 0. The minimum atomic E-state index is -4.95. The second-order valence-corrected chi connectivity index (χ2v) is 28.4. The molecule has 0 aromatic rings. The van der Waals surface area contributed by atoms with Crippen LogP contribution >= 0.6 is 15.6 Å². The Hall–Kier alpha value is -1.94. The van der Waals surface area contributed by atoms with Crippen molar-refractivity contribution in [2.45, 2.75) is 337 Å². The fraction of sp³-hybridized carbons (Fsp3) is 0.939. The van der Waals surface area contributed by atoms with Crippen LogP contribution in [0.25, 0.3) is 0 Å². The summed E-state index contributed by atoms with van der Waals surface area (Å²) in [6.07, 6.45) is 36.3. The molecule has 0 aromatic heterocycles. The quantitative estimate of drug-likeness (QED) is 0.0222. The van der Waals surface area contributed by atoms with Crippen molar-refractivity contribution >= 4 is 39.5 Å². The van der Waals surface area contributed by atoms with Crippen molar-refractivity contribution in [2.75, 3.05) is 39.6 Å². The van der Waals surface area contributed by atoms with Crippen LogP contribution in [0.1, 0.15) is 319 Å². The van der Waals surface area contributed by atoms with Gasteiger partial charge in [-0.25, -0.2) is 9.13 Å². The van der Waals surface area contributed by atoms with Gasteiger partial charge in [-0.15, -0.1) is 0 Å². The van der Waals surface area contributed by atoms with Crippen molar-refractivity contribution in [3.8, 4) is 0 Å². The lowest BCUT2D eigenvalue weighted by molar-refractivity contribution is -0.161. The molecule has 0 aliphatic heterocycles. The number of phosphoric acid groups is 2. The highest BCUT2D eigenvalue weighted by Crippen LogP contribution is 2.45. The third kappa shape index (κ3) is 59.5. The SMILES string of the molecule is CCC(C)CCCCCCCCC(=O)OC[C@H](COP(=O)(O)OC[C@H](O)COP(=O)(O)OC[C@@H](COC(=O)CCCCCCCCCCCCC(C)C)OC(=O)CCCCCCCCCC(C)C)OC(=O)CCCCCCCCCCCC(C)C. The Morgan fingerprint density at radius 1 is 0.329 bits per heavy atom. The van der Waals surface area contributed by atoms with E-state index in [0.29, 0.717) is 31.6 Å². The zero-order valence-electron chi connectivity index (χ0n) is 55.2. The lowest BCUT2D eigenvalue weighted by Gasteiger charge is -2.21. The molecule has 19 heteroatoms. The summed E-state index contributed by atoms with van der Waals surface area (Å²) in [5.74, 6) is 0.783. The molecule has 0 rings (SSSR count). The third-order valence-electron chi connectivity index (χ3n) is 15.4. The standard InChI is InChI=1S/C66H128O17P2/c1-9-59(8)45-37-29-24-25-31-39-47-64(69)77-53-62(82-65(70)48-40-32-22-16-12-14-19-27-35-43-57(4)5)55-81-85(74,75)79-51-60(67)50-78-84(72,73)80-54-61(83-66(71)49-41-33-23-17-20-28-36-44-58(6)7)52-76-63(68)46-38-30-21-15-11-10-13-18-26-34-42-56(2)3/h56-62,67H,9-55H2,1-8H3,(H,72,73)(H,74,75)/t59?,60-,61-,62-/m1/s1. The molecule has 3 N–H and O–H groups in total. The highest BCUT2D eigenvalue weighted by molar-refractivity contribution is 7.47. The molecule has 0 bridgehead atoms. The van der Waals surface area contributed by atoms with Gasteiger partial charge < -0.3 is 33.8 Å². The maximum Gasteiger partial charge on any atom is 0.472 e. The summed E-state index contributed by atoms with van der Waals surface area (Å²) < 4.78 is 68.1. The Labute approximate surface area is 517 Å². The van der Waals surface area contributed by atoms with Gasteiger partial charge in [0.05, 0.1) is 26.4 Å². The van der Waals surface area contributed by atoms with Crippen LogP contribution in [0.3, 0.4) is 0 Å². The number of unbranched alkanes of at least 4 members (excludes halogenated alkanes) is 28. The Kier molecular flexibility index (Phi) is 54.8. The Bertz CT molecular complexity index is 1700. The maximum atomic E-state index is 13.0. The number of carbonyl (C=O) groups is 4. The highest BCUT2D eigenvalue weighted by atomic mass is 31.2. The van der Waals surface area contributed by atoms with Crippen LogP contribution in [0.2, 0.25) is 0 Å². The molecule has 85 heavy (non-hydrogen) atoms. The van der Waals surface area contributed by atoms with Gasteiger partial charge in [-0.3, -0.25) is 37.3 Å². The van der Waals surface area contributed by atoms with Crippen LogP contribution in [-0.4, -0.2) is 96.7 Å². The molecule has 0 amide bonds. The Morgan fingerprint density at radius 2 is 0.565 bits per heavy atom. The van der Waals surface area contributed by atoms with Gasteiger partial charge in [0.25, 0.3) is 0 Å². The predicted octanol–water partition coefficient (Wildman–Crippen LogP) is 18.1. The third-order valence-corrected chi connectivity index (χ3v) is 17.3. The van der Waals surface area contributed by atoms with E-state index >= 15 is 0 Å². The maximum absolute atomic E-state index is 13.0. The van der Waals surface area contributed by atoms with Gasteiger partial charge in [0.1, 0.15) is 19.3 Å². The molecule has 17 nitrogen and oxygen atoms in total. The molecule has 0 spiro atoms. The second kappa shape index (κ2) is 56.1. The summed E-state index contributed by atoms with van der Waals surface area (Å²) in [5, 5.41) is 10.5. The first-order valence-electron chi connectivity index (χ1n) is 34.2. The van der Waals surface area contributed by atoms with Crippen molar-refractivity contribution in [2.24, 2.45) is 23.7 Å². The molecule has 504 valence electrons.